The molecule has 0 aromatic rings. The molecule has 2 atom stereocenters. The lowest BCUT2D eigenvalue weighted by molar-refractivity contribution is 0.0595. The van der Waals surface area contributed by atoms with Crippen LogP contribution in [0.2, 0.25) is 0 Å². The van der Waals surface area contributed by atoms with Gasteiger partial charge in [-0.25, -0.2) is 0 Å². The van der Waals surface area contributed by atoms with E-state index >= 15 is 0 Å². The summed E-state index contributed by atoms with van der Waals surface area (Å²) in [4.78, 5) is 2.46. The summed E-state index contributed by atoms with van der Waals surface area (Å²) in [5.41, 5.74) is 0.260. The molecule has 1 saturated heterocycles. The van der Waals surface area contributed by atoms with Gasteiger partial charge in [-0.2, -0.15) is 0 Å². The first-order chi connectivity index (χ1) is 8.11. The lowest BCUT2D eigenvalue weighted by atomic mass is 9.99. The molecule has 0 spiro atoms. The summed E-state index contributed by atoms with van der Waals surface area (Å²) in [5.74, 6) is 0. The Morgan fingerprint density at radius 1 is 1.35 bits per heavy atom. The third kappa shape index (κ3) is 4.92. The highest BCUT2D eigenvalue weighted by molar-refractivity contribution is 4.92. The van der Waals surface area contributed by atoms with Crippen LogP contribution in [0.3, 0.4) is 0 Å². The molecular formula is C13H28N2O2. The Hall–Kier alpha value is -0.160. The molecule has 4 nitrogen and oxygen atoms in total. The zero-order chi connectivity index (χ0) is 12.7. The maximum Gasteiger partial charge on any atom is 0.0615 e. The van der Waals surface area contributed by atoms with Crippen LogP contribution in [0.4, 0.5) is 0 Å². The molecule has 1 heterocycles. The van der Waals surface area contributed by atoms with E-state index in [9.17, 15) is 0 Å². The van der Waals surface area contributed by atoms with Crippen molar-refractivity contribution < 1.29 is 9.47 Å². The van der Waals surface area contributed by atoms with E-state index in [4.69, 9.17) is 9.47 Å². The van der Waals surface area contributed by atoms with Gasteiger partial charge in [0.1, 0.15) is 0 Å². The maximum absolute atomic E-state index is 5.26. The van der Waals surface area contributed by atoms with Crippen molar-refractivity contribution in [3.8, 4) is 0 Å². The summed E-state index contributed by atoms with van der Waals surface area (Å²) < 4.78 is 10.5. The number of hydrogen-bond donors (Lipinski definition) is 1. The standard InChI is InChI=1S/C13H28N2O2/c1-12(10-17-4)15(8-9-16-3)11-13(2)6-5-7-14-13/h12,14H,5-11H2,1-4H3. The van der Waals surface area contributed by atoms with Crippen molar-refractivity contribution in [2.45, 2.75) is 38.3 Å². The van der Waals surface area contributed by atoms with Crippen LogP contribution in [0.25, 0.3) is 0 Å². The second-order valence-electron chi connectivity index (χ2n) is 5.36. The van der Waals surface area contributed by atoms with E-state index in [1.807, 2.05) is 0 Å². The van der Waals surface area contributed by atoms with Gasteiger partial charge in [0.2, 0.25) is 0 Å². The highest BCUT2D eigenvalue weighted by Crippen LogP contribution is 2.20. The van der Waals surface area contributed by atoms with Crippen molar-refractivity contribution in [2.75, 3.05) is 47.1 Å². The summed E-state index contributed by atoms with van der Waals surface area (Å²) in [6.07, 6.45) is 2.55. The van der Waals surface area contributed by atoms with Gasteiger partial charge >= 0.3 is 0 Å². The Balaban J connectivity index is 2.49. The zero-order valence-corrected chi connectivity index (χ0v) is 11.8. The Labute approximate surface area is 106 Å². The number of rotatable bonds is 8. The molecule has 2 unspecified atom stereocenters. The topological polar surface area (TPSA) is 33.7 Å². The van der Waals surface area contributed by atoms with Crippen molar-refractivity contribution in [1.29, 1.82) is 0 Å². The minimum absolute atomic E-state index is 0.260. The molecule has 0 radical (unpaired) electrons. The fourth-order valence-corrected chi connectivity index (χ4v) is 2.55. The van der Waals surface area contributed by atoms with Crippen molar-refractivity contribution in [3.63, 3.8) is 0 Å². The first-order valence-corrected chi connectivity index (χ1v) is 6.58. The summed E-state index contributed by atoms with van der Waals surface area (Å²) in [5, 5.41) is 3.61. The first kappa shape index (κ1) is 14.9. The number of nitrogens with one attached hydrogen (secondary N) is 1. The van der Waals surface area contributed by atoms with Gasteiger partial charge in [-0.15, -0.1) is 0 Å². The van der Waals surface area contributed by atoms with Gasteiger partial charge in [0, 0.05) is 38.9 Å². The van der Waals surface area contributed by atoms with E-state index in [-0.39, 0.29) is 5.54 Å². The molecule has 4 heteroatoms. The molecule has 1 aliphatic heterocycles. The van der Waals surface area contributed by atoms with E-state index in [0.717, 1.165) is 32.8 Å². The Bertz CT molecular complexity index is 206. The third-order valence-electron chi connectivity index (χ3n) is 3.62. The molecule has 17 heavy (non-hydrogen) atoms. The normalized spacial score (nSPS) is 26.6. The minimum atomic E-state index is 0.260. The van der Waals surface area contributed by atoms with Gasteiger partial charge in [-0.05, 0) is 33.2 Å². The van der Waals surface area contributed by atoms with Gasteiger partial charge in [-0.1, -0.05) is 0 Å². The summed E-state index contributed by atoms with van der Waals surface area (Å²) in [6, 6.07) is 0.439. The first-order valence-electron chi connectivity index (χ1n) is 6.58. The highest BCUT2D eigenvalue weighted by Gasteiger charge is 2.31. The molecule has 0 aliphatic carbocycles. The zero-order valence-electron chi connectivity index (χ0n) is 11.8. The molecule has 102 valence electrons. The Morgan fingerprint density at radius 2 is 2.12 bits per heavy atom. The fourth-order valence-electron chi connectivity index (χ4n) is 2.55. The van der Waals surface area contributed by atoms with Crippen LogP contribution in [0.5, 0.6) is 0 Å². The monoisotopic (exact) mass is 244 g/mol. The predicted octanol–water partition coefficient (Wildman–Crippen LogP) is 1.11. The largest absolute Gasteiger partial charge is 0.383 e. The fraction of sp³-hybridized carbons (Fsp3) is 1.00. The van der Waals surface area contributed by atoms with Crippen molar-refractivity contribution in [1.82, 2.24) is 10.2 Å². The predicted molar refractivity (Wildman–Crippen MR) is 70.4 cm³/mol. The molecule has 1 fully saturated rings. The lowest BCUT2D eigenvalue weighted by Crippen LogP contribution is -2.51. The maximum atomic E-state index is 5.26. The van der Waals surface area contributed by atoms with E-state index < -0.39 is 0 Å². The van der Waals surface area contributed by atoms with Crippen LogP contribution in [-0.4, -0.2) is 63.5 Å². The van der Waals surface area contributed by atoms with Gasteiger partial charge in [0.25, 0.3) is 0 Å². The lowest BCUT2D eigenvalue weighted by Gasteiger charge is -2.36. The second-order valence-corrected chi connectivity index (χ2v) is 5.36. The quantitative estimate of drug-likeness (QED) is 0.693. The van der Waals surface area contributed by atoms with Gasteiger partial charge in [-0.3, -0.25) is 4.90 Å². The van der Waals surface area contributed by atoms with Gasteiger partial charge in [0.15, 0.2) is 0 Å². The molecule has 0 saturated carbocycles. The summed E-state index contributed by atoms with van der Waals surface area (Å²) in [6.45, 7) is 9.28. The van der Waals surface area contributed by atoms with E-state index in [2.05, 4.69) is 24.1 Å². The summed E-state index contributed by atoms with van der Waals surface area (Å²) >= 11 is 0. The minimum Gasteiger partial charge on any atom is -0.383 e. The average molecular weight is 244 g/mol. The molecule has 1 aliphatic rings. The van der Waals surface area contributed by atoms with Crippen LogP contribution in [0.15, 0.2) is 0 Å². The van der Waals surface area contributed by atoms with Gasteiger partial charge < -0.3 is 14.8 Å². The Morgan fingerprint density at radius 3 is 2.65 bits per heavy atom. The van der Waals surface area contributed by atoms with Gasteiger partial charge in [0.05, 0.1) is 13.2 Å². The molecule has 0 aromatic heterocycles. The number of hydrogen-bond acceptors (Lipinski definition) is 4. The van der Waals surface area contributed by atoms with E-state index in [1.165, 1.54) is 12.8 Å². The highest BCUT2D eigenvalue weighted by atomic mass is 16.5. The van der Waals surface area contributed by atoms with Crippen molar-refractivity contribution in [3.05, 3.63) is 0 Å². The van der Waals surface area contributed by atoms with Crippen LogP contribution in [0, 0.1) is 0 Å². The summed E-state index contributed by atoms with van der Waals surface area (Å²) in [7, 11) is 3.52. The van der Waals surface area contributed by atoms with Crippen molar-refractivity contribution >= 4 is 0 Å². The second kappa shape index (κ2) is 7.31. The number of nitrogens with zero attached hydrogens (tertiary/aromatic N) is 1. The molecule has 0 aromatic carbocycles. The SMILES string of the molecule is COCCN(CC1(C)CCCN1)C(C)COC. The molecule has 1 N–H and O–H groups in total. The molecule has 1 rings (SSSR count). The van der Waals surface area contributed by atoms with Crippen LogP contribution < -0.4 is 5.32 Å². The van der Waals surface area contributed by atoms with Crippen LogP contribution >= 0.6 is 0 Å². The Kier molecular flexibility index (Phi) is 6.41. The van der Waals surface area contributed by atoms with E-state index in [0.29, 0.717) is 6.04 Å². The van der Waals surface area contributed by atoms with Crippen LogP contribution in [0.1, 0.15) is 26.7 Å². The smallest absolute Gasteiger partial charge is 0.0615 e. The number of ether oxygens (including phenoxy) is 2. The molecule has 0 bridgehead atoms. The average Bonchev–Trinajstić information content (AvgIpc) is 2.72. The molecular weight excluding hydrogens is 216 g/mol. The van der Waals surface area contributed by atoms with E-state index in [1.54, 1.807) is 14.2 Å². The third-order valence-corrected chi connectivity index (χ3v) is 3.62. The van der Waals surface area contributed by atoms with Crippen LogP contribution in [-0.2, 0) is 9.47 Å². The number of methoxy groups -OCH3 is 2. The molecule has 0 amide bonds. The van der Waals surface area contributed by atoms with Crippen molar-refractivity contribution in [2.24, 2.45) is 0 Å².